The van der Waals surface area contributed by atoms with Crippen LogP contribution in [0.2, 0.25) is 0 Å². The van der Waals surface area contributed by atoms with Crippen LogP contribution in [0, 0.1) is 5.41 Å². The number of anilines is 1. The Bertz CT molecular complexity index is 1340. The molecule has 0 fully saturated rings. The van der Waals surface area contributed by atoms with Crippen molar-refractivity contribution in [2.45, 2.75) is 12.8 Å². The number of nitrogens with two attached hydrogens (primary N) is 1. The van der Waals surface area contributed by atoms with E-state index < -0.39 is 0 Å². The van der Waals surface area contributed by atoms with Crippen molar-refractivity contribution in [1.29, 1.82) is 5.41 Å². The van der Waals surface area contributed by atoms with E-state index in [1.54, 1.807) is 12.4 Å². The van der Waals surface area contributed by atoms with Crippen LogP contribution < -0.4 is 16.4 Å². The SMILES string of the molecule is CN(C)CCCNc1nccc(-c2ccc(C(=O)NCCc3ccc4[nH]cc(C(=N)N)c4c3)cc2)n1. The van der Waals surface area contributed by atoms with Crippen molar-refractivity contribution in [3.63, 3.8) is 0 Å². The lowest BCUT2D eigenvalue weighted by atomic mass is 10.1. The molecular formula is C27H32N8O. The fraction of sp³-hybridized carbons (Fsp3) is 0.259. The van der Waals surface area contributed by atoms with Crippen LogP contribution in [-0.4, -0.2) is 65.3 Å². The maximum atomic E-state index is 12.6. The number of carbonyl (C=O) groups is 1. The van der Waals surface area contributed by atoms with E-state index in [1.165, 1.54) is 0 Å². The van der Waals surface area contributed by atoms with Gasteiger partial charge in [0.2, 0.25) is 5.95 Å². The zero-order valence-corrected chi connectivity index (χ0v) is 20.6. The number of rotatable bonds is 11. The van der Waals surface area contributed by atoms with E-state index in [0.29, 0.717) is 30.0 Å². The quantitative estimate of drug-likeness (QED) is 0.126. The molecule has 2 heterocycles. The maximum Gasteiger partial charge on any atom is 0.251 e. The van der Waals surface area contributed by atoms with Gasteiger partial charge in [-0.05, 0) is 69.4 Å². The van der Waals surface area contributed by atoms with E-state index in [1.807, 2.05) is 48.5 Å². The molecule has 9 nitrogen and oxygen atoms in total. The molecule has 186 valence electrons. The Morgan fingerprint density at radius 1 is 1.11 bits per heavy atom. The summed E-state index contributed by atoms with van der Waals surface area (Å²) in [5, 5.41) is 14.9. The topological polar surface area (TPSA) is 136 Å². The third-order valence-corrected chi connectivity index (χ3v) is 5.90. The summed E-state index contributed by atoms with van der Waals surface area (Å²) < 4.78 is 0. The molecule has 0 aliphatic heterocycles. The maximum absolute atomic E-state index is 12.6. The minimum absolute atomic E-state index is 0.0320. The van der Waals surface area contributed by atoms with Gasteiger partial charge in [-0.15, -0.1) is 0 Å². The van der Waals surface area contributed by atoms with Crippen LogP contribution in [0.4, 0.5) is 5.95 Å². The highest BCUT2D eigenvalue weighted by atomic mass is 16.1. The van der Waals surface area contributed by atoms with Crippen molar-refractivity contribution in [3.05, 3.63) is 77.6 Å². The lowest BCUT2D eigenvalue weighted by Crippen LogP contribution is -2.25. The second kappa shape index (κ2) is 11.5. The molecular weight excluding hydrogens is 452 g/mol. The van der Waals surface area contributed by atoms with Gasteiger partial charge in [-0.2, -0.15) is 0 Å². The first-order chi connectivity index (χ1) is 17.4. The summed E-state index contributed by atoms with van der Waals surface area (Å²) in [6.45, 7) is 2.30. The Labute approximate surface area is 210 Å². The molecule has 4 aromatic rings. The number of carbonyl (C=O) groups excluding carboxylic acids is 1. The number of H-pyrrole nitrogens is 1. The molecule has 4 rings (SSSR count). The van der Waals surface area contributed by atoms with Crippen molar-refractivity contribution < 1.29 is 4.79 Å². The third kappa shape index (κ3) is 6.25. The van der Waals surface area contributed by atoms with Gasteiger partial charge in [-0.1, -0.05) is 18.2 Å². The van der Waals surface area contributed by atoms with Crippen molar-refractivity contribution in [2.24, 2.45) is 5.73 Å². The molecule has 0 unspecified atom stereocenters. The Hall–Kier alpha value is -4.24. The van der Waals surface area contributed by atoms with E-state index in [0.717, 1.165) is 47.2 Å². The number of fused-ring (bicyclic) bond motifs is 1. The van der Waals surface area contributed by atoms with Gasteiger partial charge >= 0.3 is 0 Å². The first-order valence-electron chi connectivity index (χ1n) is 12.0. The predicted molar refractivity (Wildman–Crippen MR) is 144 cm³/mol. The van der Waals surface area contributed by atoms with Gasteiger partial charge < -0.3 is 26.3 Å². The first kappa shape index (κ1) is 24.9. The van der Waals surface area contributed by atoms with Crippen molar-refractivity contribution in [3.8, 4) is 11.3 Å². The summed E-state index contributed by atoms with van der Waals surface area (Å²) in [5.41, 5.74) is 10.7. The van der Waals surface area contributed by atoms with Crippen LogP contribution in [0.1, 0.15) is 27.9 Å². The Kier molecular flexibility index (Phi) is 7.92. The molecule has 0 saturated heterocycles. The van der Waals surface area contributed by atoms with Crippen LogP contribution in [-0.2, 0) is 6.42 Å². The highest BCUT2D eigenvalue weighted by molar-refractivity contribution is 6.07. The number of hydrogen-bond acceptors (Lipinski definition) is 6. The summed E-state index contributed by atoms with van der Waals surface area (Å²) in [7, 11) is 4.10. The van der Waals surface area contributed by atoms with Crippen LogP contribution in [0.3, 0.4) is 0 Å². The standard InChI is InChI=1S/C27H32N8O/c1-35(2)15-3-12-31-27-32-14-11-23(34-27)19-5-7-20(8-6-19)26(36)30-13-10-18-4-9-24-21(16-18)22(17-33-24)25(28)29/h4-9,11,14,16-17,33H,3,10,12-13,15H2,1-2H3,(H3,28,29)(H,30,36)(H,31,32,34). The van der Waals surface area contributed by atoms with Crippen LogP contribution in [0.25, 0.3) is 22.2 Å². The average molecular weight is 485 g/mol. The molecule has 9 heteroatoms. The van der Waals surface area contributed by atoms with Gasteiger partial charge in [0.1, 0.15) is 5.84 Å². The summed E-state index contributed by atoms with van der Waals surface area (Å²) in [4.78, 5) is 26.8. The van der Waals surface area contributed by atoms with Gasteiger partial charge in [0.25, 0.3) is 5.91 Å². The molecule has 0 radical (unpaired) electrons. The largest absolute Gasteiger partial charge is 0.384 e. The number of benzene rings is 2. The first-order valence-corrected chi connectivity index (χ1v) is 12.0. The normalized spacial score (nSPS) is 11.1. The monoisotopic (exact) mass is 484 g/mol. The molecule has 0 bridgehead atoms. The van der Waals surface area contributed by atoms with Gasteiger partial charge in [-0.3, -0.25) is 10.2 Å². The number of aromatic nitrogens is 3. The minimum Gasteiger partial charge on any atom is -0.384 e. The number of nitrogen functional groups attached to an aromatic ring is 1. The van der Waals surface area contributed by atoms with E-state index in [4.69, 9.17) is 11.1 Å². The van der Waals surface area contributed by atoms with Crippen LogP contribution in [0.15, 0.2) is 60.9 Å². The van der Waals surface area contributed by atoms with Crippen LogP contribution >= 0.6 is 0 Å². The molecule has 0 aliphatic carbocycles. The number of aromatic amines is 1. The number of amides is 1. The van der Waals surface area contributed by atoms with E-state index in [9.17, 15) is 4.79 Å². The highest BCUT2D eigenvalue weighted by Crippen LogP contribution is 2.20. The number of nitrogens with one attached hydrogen (secondary N) is 4. The molecule has 6 N–H and O–H groups in total. The second-order valence-corrected chi connectivity index (χ2v) is 8.93. The average Bonchev–Trinajstić information content (AvgIpc) is 3.30. The van der Waals surface area contributed by atoms with E-state index in [-0.39, 0.29) is 11.7 Å². The van der Waals surface area contributed by atoms with Crippen molar-refractivity contribution in [1.82, 2.24) is 25.2 Å². The number of hydrogen-bond donors (Lipinski definition) is 5. The van der Waals surface area contributed by atoms with Gasteiger partial charge in [0.05, 0.1) is 5.69 Å². The number of amidine groups is 1. The predicted octanol–water partition coefficient (Wildman–Crippen LogP) is 3.25. The number of nitrogens with zero attached hydrogens (tertiary/aromatic N) is 3. The molecule has 0 saturated carbocycles. The summed E-state index contributed by atoms with van der Waals surface area (Å²) in [5.74, 6) is 0.505. The lowest BCUT2D eigenvalue weighted by molar-refractivity contribution is 0.0954. The van der Waals surface area contributed by atoms with E-state index in [2.05, 4.69) is 44.6 Å². The third-order valence-electron chi connectivity index (χ3n) is 5.90. The zero-order chi connectivity index (χ0) is 25.5. The van der Waals surface area contributed by atoms with Gasteiger partial charge in [0, 0.05) is 53.1 Å². The Balaban J connectivity index is 1.31. The summed E-state index contributed by atoms with van der Waals surface area (Å²) >= 11 is 0. The molecule has 0 aliphatic rings. The summed E-state index contributed by atoms with van der Waals surface area (Å²) in [6, 6.07) is 15.3. The fourth-order valence-corrected chi connectivity index (χ4v) is 3.96. The highest BCUT2D eigenvalue weighted by Gasteiger charge is 2.09. The molecule has 1 amide bonds. The van der Waals surface area contributed by atoms with Crippen molar-refractivity contribution >= 4 is 28.6 Å². The minimum atomic E-state index is -0.125. The lowest BCUT2D eigenvalue weighted by Gasteiger charge is -2.10. The Morgan fingerprint density at radius 2 is 1.92 bits per heavy atom. The smallest absolute Gasteiger partial charge is 0.251 e. The summed E-state index contributed by atoms with van der Waals surface area (Å²) in [6.07, 6.45) is 5.16. The van der Waals surface area contributed by atoms with Gasteiger partial charge in [-0.25, -0.2) is 9.97 Å². The zero-order valence-electron chi connectivity index (χ0n) is 20.6. The van der Waals surface area contributed by atoms with Crippen LogP contribution in [0.5, 0.6) is 0 Å². The molecule has 2 aromatic heterocycles. The second-order valence-electron chi connectivity index (χ2n) is 8.93. The Morgan fingerprint density at radius 3 is 2.67 bits per heavy atom. The molecule has 0 spiro atoms. The molecule has 0 atom stereocenters. The van der Waals surface area contributed by atoms with E-state index >= 15 is 0 Å². The van der Waals surface area contributed by atoms with Gasteiger partial charge in [0.15, 0.2) is 0 Å². The van der Waals surface area contributed by atoms with Crippen molar-refractivity contribution in [2.75, 3.05) is 39.0 Å². The fourth-order valence-electron chi connectivity index (χ4n) is 3.96. The molecule has 36 heavy (non-hydrogen) atoms. The molecule has 2 aromatic carbocycles.